The maximum Gasteiger partial charge on any atom is 0.124 e. The average molecular weight is 372 g/mol. The van der Waals surface area contributed by atoms with E-state index in [1.807, 2.05) is 25.1 Å². The molecular weight excluding hydrogens is 359 g/mol. The fraction of sp³-hybridized carbons (Fsp3) is 0.143. The highest BCUT2D eigenvalue weighted by Crippen LogP contribution is 2.34. The van der Waals surface area contributed by atoms with E-state index in [9.17, 15) is 18.2 Å². The zero-order chi connectivity index (χ0) is 16.9. The molecule has 0 heterocycles. The normalized spacial score (nSPS) is 13.0. The highest BCUT2D eigenvalue weighted by molar-refractivity contribution is 7.94. The standard InChI is InChI=1S/C14H15O6PS2/c1-2-21(11-5-3-7-13(9-11)22-20-19-15)12-6-4-8-14(10-12)23(16,17)18/h3-10,15H,2H2,1H3,(H,16,17,18)/p-2. The number of rotatable bonds is 7. The third kappa shape index (κ3) is 4.99. The van der Waals surface area contributed by atoms with Gasteiger partial charge in [0.25, 0.3) is 0 Å². The van der Waals surface area contributed by atoms with Crippen molar-refractivity contribution >= 4 is 40.7 Å². The van der Waals surface area contributed by atoms with Crippen LogP contribution in [0, 0.1) is 0 Å². The van der Waals surface area contributed by atoms with Crippen molar-refractivity contribution in [2.45, 2.75) is 16.7 Å². The lowest BCUT2D eigenvalue weighted by Gasteiger charge is -2.19. The summed E-state index contributed by atoms with van der Waals surface area (Å²) in [6, 6.07) is 13.4. The summed E-state index contributed by atoms with van der Waals surface area (Å²) >= 11 is 0.795. The molecule has 1 atom stereocenters. The molecule has 0 bridgehead atoms. The summed E-state index contributed by atoms with van der Waals surface area (Å²) in [4.78, 5) is 0.455. The summed E-state index contributed by atoms with van der Waals surface area (Å²) in [5.74, 6) is 0. The van der Waals surface area contributed by atoms with Crippen LogP contribution in [0.15, 0.2) is 58.3 Å². The van der Waals surface area contributed by atoms with Gasteiger partial charge in [-0.3, -0.25) is 5.04 Å². The molecule has 0 fully saturated rings. The van der Waals surface area contributed by atoms with E-state index in [0.717, 1.165) is 28.8 Å². The summed E-state index contributed by atoms with van der Waals surface area (Å²) in [6.45, 7) is 1.99. The Labute approximate surface area is 140 Å². The fourth-order valence-corrected chi connectivity index (χ4v) is 5.33. The molecule has 2 aromatic carbocycles. The zero-order valence-electron chi connectivity index (χ0n) is 12.0. The molecule has 0 amide bonds. The van der Waals surface area contributed by atoms with Crippen molar-refractivity contribution in [1.82, 2.24) is 0 Å². The van der Waals surface area contributed by atoms with Crippen LogP contribution in [0.25, 0.3) is 0 Å². The Balaban J connectivity index is 2.36. The van der Waals surface area contributed by atoms with E-state index in [1.54, 1.807) is 18.2 Å². The third-order valence-corrected chi connectivity index (χ3v) is 6.86. The smallest absolute Gasteiger partial charge is 0.124 e. The molecule has 0 N–H and O–H groups in total. The lowest BCUT2D eigenvalue weighted by Crippen LogP contribution is -2.15. The number of hydrogen-bond acceptors (Lipinski definition) is 7. The molecule has 0 radical (unpaired) electrons. The topological polar surface area (TPSA) is 98.7 Å². The maximum absolute atomic E-state index is 11.2. The molecule has 0 aliphatic carbocycles. The molecule has 2 aromatic rings. The molecule has 23 heavy (non-hydrogen) atoms. The van der Waals surface area contributed by atoms with Gasteiger partial charge < -0.3 is 9.81 Å². The summed E-state index contributed by atoms with van der Waals surface area (Å²) < 4.78 is 37.9. The molecule has 0 aliphatic heterocycles. The first-order valence-electron chi connectivity index (χ1n) is 6.52. The Morgan fingerprint density at radius 2 is 1.78 bits per heavy atom. The predicted molar refractivity (Wildman–Crippen MR) is 85.6 cm³/mol. The van der Waals surface area contributed by atoms with Crippen molar-refractivity contribution in [2.75, 3.05) is 6.16 Å². The molecule has 0 spiro atoms. The SMILES string of the molecule is CCP(c1cccc(SOO[O-])c1)c1cccc(S(=O)(=O)[O-])c1. The average Bonchev–Trinajstić information content (AvgIpc) is 2.54. The first-order valence-corrected chi connectivity index (χ1v) is 10.2. The van der Waals surface area contributed by atoms with E-state index < -0.39 is 18.0 Å². The first-order chi connectivity index (χ1) is 11.0. The van der Waals surface area contributed by atoms with Crippen LogP contribution in [-0.4, -0.2) is 19.1 Å². The molecule has 9 heteroatoms. The van der Waals surface area contributed by atoms with Crippen molar-refractivity contribution < 1.29 is 27.6 Å². The van der Waals surface area contributed by atoms with E-state index in [1.165, 1.54) is 12.1 Å². The zero-order valence-corrected chi connectivity index (χ0v) is 14.6. The summed E-state index contributed by atoms with van der Waals surface area (Å²) in [5, 5.41) is 15.0. The second-order valence-electron chi connectivity index (χ2n) is 4.41. The molecule has 0 aromatic heterocycles. The number of hydrogen-bond donors (Lipinski definition) is 0. The van der Waals surface area contributed by atoms with Crippen LogP contribution in [0.1, 0.15) is 6.92 Å². The van der Waals surface area contributed by atoms with Crippen LogP contribution >= 0.6 is 20.0 Å². The lowest BCUT2D eigenvalue weighted by molar-refractivity contribution is -0.777. The molecule has 124 valence electrons. The quantitative estimate of drug-likeness (QED) is 0.237. The molecule has 0 aliphatic rings. The highest BCUT2D eigenvalue weighted by atomic mass is 32.2. The minimum Gasteiger partial charge on any atom is -0.744 e. The molecule has 2 rings (SSSR count). The van der Waals surface area contributed by atoms with Gasteiger partial charge in [0, 0.05) is 4.90 Å². The summed E-state index contributed by atoms with van der Waals surface area (Å²) in [5.41, 5.74) is 0. The van der Waals surface area contributed by atoms with Gasteiger partial charge in [0.1, 0.15) is 10.1 Å². The second kappa shape index (κ2) is 8.21. The Morgan fingerprint density at radius 1 is 1.13 bits per heavy atom. The Bertz CT molecular complexity index is 765. The van der Waals surface area contributed by atoms with Crippen molar-refractivity contribution in [2.24, 2.45) is 0 Å². The largest absolute Gasteiger partial charge is 0.744 e. The van der Waals surface area contributed by atoms with Crippen LogP contribution in [0.2, 0.25) is 0 Å². The molecule has 0 saturated heterocycles. The first kappa shape index (κ1) is 18.4. The summed E-state index contributed by atoms with van der Waals surface area (Å²) in [7, 11) is -5.32. The lowest BCUT2D eigenvalue weighted by atomic mass is 10.4. The van der Waals surface area contributed by atoms with E-state index in [2.05, 4.69) is 9.37 Å². The second-order valence-corrected chi connectivity index (χ2v) is 9.09. The fourth-order valence-electron chi connectivity index (χ4n) is 2.08. The minimum absolute atomic E-state index is 0.232. The van der Waals surface area contributed by atoms with Gasteiger partial charge in [-0.15, -0.1) is 0 Å². The molecular formula is C14H13O6PS2-2. The van der Waals surface area contributed by atoms with Gasteiger partial charge in [-0.1, -0.05) is 31.2 Å². The Morgan fingerprint density at radius 3 is 2.39 bits per heavy atom. The van der Waals surface area contributed by atoms with Crippen molar-refractivity contribution in [1.29, 1.82) is 0 Å². The van der Waals surface area contributed by atoms with Gasteiger partial charge in [-0.2, -0.15) is 4.33 Å². The van der Waals surface area contributed by atoms with Gasteiger partial charge in [0.15, 0.2) is 0 Å². The van der Waals surface area contributed by atoms with Crippen molar-refractivity contribution in [3.63, 3.8) is 0 Å². The van der Waals surface area contributed by atoms with Gasteiger partial charge >= 0.3 is 0 Å². The third-order valence-electron chi connectivity index (χ3n) is 3.02. The Kier molecular flexibility index (Phi) is 6.55. The molecule has 6 nitrogen and oxygen atoms in total. The van der Waals surface area contributed by atoms with E-state index >= 15 is 0 Å². The van der Waals surface area contributed by atoms with Crippen molar-refractivity contribution in [3.8, 4) is 0 Å². The number of benzene rings is 2. The summed E-state index contributed by atoms with van der Waals surface area (Å²) in [6.07, 6.45) is 0.769. The Hall–Kier alpha value is -0.990. The maximum atomic E-state index is 11.2. The van der Waals surface area contributed by atoms with Gasteiger partial charge in [0.2, 0.25) is 0 Å². The van der Waals surface area contributed by atoms with Gasteiger partial charge in [-0.25, -0.2) is 8.42 Å². The van der Waals surface area contributed by atoms with E-state index in [-0.39, 0.29) is 4.90 Å². The van der Waals surface area contributed by atoms with Crippen LogP contribution in [0.3, 0.4) is 0 Å². The predicted octanol–water partition coefficient (Wildman–Crippen LogP) is 1.27. The minimum atomic E-state index is -4.48. The highest BCUT2D eigenvalue weighted by Gasteiger charge is 2.14. The van der Waals surface area contributed by atoms with E-state index in [0.29, 0.717) is 4.90 Å². The van der Waals surface area contributed by atoms with Crippen LogP contribution < -0.4 is 15.9 Å². The van der Waals surface area contributed by atoms with Gasteiger partial charge in [-0.05, 0) is 49.0 Å². The van der Waals surface area contributed by atoms with Crippen LogP contribution in [0.4, 0.5) is 0 Å². The van der Waals surface area contributed by atoms with Crippen LogP contribution in [-0.2, 0) is 19.5 Å². The van der Waals surface area contributed by atoms with Crippen molar-refractivity contribution in [3.05, 3.63) is 48.5 Å². The monoisotopic (exact) mass is 372 g/mol. The molecule has 1 unspecified atom stereocenters. The van der Waals surface area contributed by atoms with E-state index in [4.69, 9.17) is 0 Å². The van der Waals surface area contributed by atoms with Crippen LogP contribution in [0.5, 0.6) is 0 Å². The van der Waals surface area contributed by atoms with Gasteiger partial charge in [0.05, 0.1) is 16.9 Å². The molecule has 0 saturated carbocycles.